The van der Waals surface area contributed by atoms with Crippen molar-refractivity contribution in [2.45, 2.75) is 120 Å². The van der Waals surface area contributed by atoms with Crippen LogP contribution < -0.4 is 21.1 Å². The van der Waals surface area contributed by atoms with Crippen molar-refractivity contribution in [3.63, 3.8) is 0 Å². The van der Waals surface area contributed by atoms with Crippen LogP contribution in [0, 0.1) is 18.3 Å². The summed E-state index contributed by atoms with van der Waals surface area (Å²) >= 11 is 0. The van der Waals surface area contributed by atoms with Gasteiger partial charge in [-0.05, 0) is 155 Å². The van der Waals surface area contributed by atoms with Crippen LogP contribution >= 0.6 is 0 Å². The van der Waals surface area contributed by atoms with Crippen LogP contribution in [0.15, 0.2) is 54.6 Å². The SMILES string of the molecule is COc1cc2nc(C)nc(N[C@H](C)c3cc(N)cc(C(F)(F)F)c3)c2cc1C1CCC(C=O)(N2CCN(CC3CCC4(CC3)CCN(C(=O)c3ccc([C@H]5CCC(=O)NC5=O)cc3)CC4)CC2)CC1. The molecule has 9 rings (SSSR count). The highest BCUT2D eigenvalue weighted by atomic mass is 19.4. The van der Waals surface area contributed by atoms with Crippen molar-refractivity contribution < 1.29 is 37.1 Å². The number of rotatable bonds is 11. The lowest BCUT2D eigenvalue weighted by molar-refractivity contribution is -0.138. The van der Waals surface area contributed by atoms with Crippen LogP contribution in [0.4, 0.5) is 24.7 Å². The van der Waals surface area contributed by atoms with E-state index in [2.05, 4.69) is 25.4 Å². The molecular formula is C53H65F3N8O5. The number of nitrogen functional groups attached to an aromatic ring is 1. The maximum Gasteiger partial charge on any atom is 0.416 e. The van der Waals surface area contributed by atoms with Crippen LogP contribution in [-0.2, 0) is 20.6 Å². The largest absolute Gasteiger partial charge is 0.496 e. The summed E-state index contributed by atoms with van der Waals surface area (Å²) in [6.07, 6.45) is 7.35. The molecule has 3 aromatic carbocycles. The molecule has 0 bridgehead atoms. The number of carbonyl (C=O) groups excluding carboxylic acids is 4. The van der Waals surface area contributed by atoms with Gasteiger partial charge in [0.25, 0.3) is 5.91 Å². The van der Waals surface area contributed by atoms with Crippen molar-refractivity contribution in [1.29, 1.82) is 0 Å². The van der Waals surface area contributed by atoms with Gasteiger partial charge in [0, 0.05) is 74.9 Å². The van der Waals surface area contributed by atoms with E-state index in [1.807, 2.05) is 41.3 Å². The number of piperazine rings is 1. The minimum Gasteiger partial charge on any atom is -0.496 e. The number of nitrogens with two attached hydrogens (primary N) is 1. The van der Waals surface area contributed by atoms with Crippen LogP contribution in [0.25, 0.3) is 10.9 Å². The van der Waals surface area contributed by atoms with Crippen LogP contribution in [0.2, 0.25) is 0 Å². The normalized spacial score (nSPS) is 24.5. The lowest BCUT2D eigenvalue weighted by Crippen LogP contribution is -2.59. The van der Waals surface area contributed by atoms with Gasteiger partial charge in [0.1, 0.15) is 23.7 Å². The zero-order valence-electron chi connectivity index (χ0n) is 40.0. The molecule has 1 aromatic heterocycles. The number of piperidine rings is 2. The Bertz CT molecular complexity index is 2550. The highest BCUT2D eigenvalue weighted by Crippen LogP contribution is 2.48. The number of aldehydes is 1. The Hall–Kier alpha value is -5.61. The number of nitrogens with zero attached hydrogens (tertiary/aromatic N) is 5. The summed E-state index contributed by atoms with van der Waals surface area (Å²) < 4.78 is 46.9. The minimum absolute atomic E-state index is 0.0331. The molecule has 69 heavy (non-hydrogen) atoms. The molecule has 5 fully saturated rings. The predicted octanol–water partition coefficient (Wildman–Crippen LogP) is 8.57. The molecule has 4 N–H and O–H groups in total. The van der Waals surface area contributed by atoms with E-state index >= 15 is 0 Å². The molecule has 3 saturated heterocycles. The second kappa shape index (κ2) is 19.6. The number of carbonyl (C=O) groups is 4. The first kappa shape index (κ1) is 48.4. The summed E-state index contributed by atoms with van der Waals surface area (Å²) in [4.78, 5) is 66.8. The minimum atomic E-state index is -4.53. The quantitative estimate of drug-likeness (QED) is 0.0750. The Morgan fingerprint density at radius 2 is 1.61 bits per heavy atom. The first-order chi connectivity index (χ1) is 33.0. The summed E-state index contributed by atoms with van der Waals surface area (Å²) in [6.45, 7) is 9.72. The van der Waals surface area contributed by atoms with Crippen molar-refractivity contribution in [1.82, 2.24) is 30.0 Å². The summed E-state index contributed by atoms with van der Waals surface area (Å²) in [7, 11) is 1.65. The number of aromatic nitrogens is 2. The van der Waals surface area contributed by atoms with Crippen LogP contribution in [-0.4, -0.2) is 107 Å². The fourth-order valence-corrected chi connectivity index (χ4v) is 12.2. The smallest absolute Gasteiger partial charge is 0.416 e. The number of hydrogen-bond donors (Lipinski definition) is 3. The molecule has 2 atom stereocenters. The van der Waals surface area contributed by atoms with Crippen LogP contribution in [0.1, 0.15) is 140 Å². The number of halogens is 3. The van der Waals surface area contributed by atoms with Gasteiger partial charge in [-0.15, -0.1) is 0 Å². The van der Waals surface area contributed by atoms with Crippen molar-refractivity contribution >= 4 is 46.4 Å². The molecule has 0 unspecified atom stereocenters. The number of amides is 3. The van der Waals surface area contributed by atoms with Gasteiger partial charge in [0.2, 0.25) is 11.8 Å². The standard InChI is InChI=1S/C53H65F3N8O5/c1-33(39-26-40(53(54,55)56)28-41(57)27-39)58-48-44-29-43(46(69-3)30-45(44)59-34(2)60-48)37-12-16-52(32-65,17-13-37)64-24-22-62(23-25-64)31-35-10-14-51(15-11-35)18-20-63(21-19-51)50(68)38-6-4-36(5-7-38)42-8-9-47(66)61-49(42)67/h4-7,26-30,32-33,35,37,42H,8-25,31,57H2,1-3H3,(H,58,59,60)(H,61,66,67)/t33-,37?,42-,52?/m1/s1. The number of alkyl halides is 3. The monoisotopic (exact) mass is 951 g/mol. The molecule has 3 amide bonds. The fraction of sp³-hybridized carbons (Fsp3) is 0.547. The Labute approximate surface area is 402 Å². The molecule has 5 aliphatic rings. The third-order valence-corrected chi connectivity index (χ3v) is 16.4. The fourth-order valence-electron chi connectivity index (χ4n) is 12.2. The molecule has 3 aliphatic heterocycles. The Morgan fingerprint density at radius 1 is 0.913 bits per heavy atom. The third-order valence-electron chi connectivity index (χ3n) is 16.4. The van der Waals surface area contributed by atoms with E-state index in [-0.39, 0.29) is 35.2 Å². The second-order valence-electron chi connectivity index (χ2n) is 20.6. The van der Waals surface area contributed by atoms with Crippen LogP contribution in [0.3, 0.4) is 0 Å². The van der Waals surface area contributed by atoms with Crippen molar-refractivity contribution in [2.24, 2.45) is 11.3 Å². The van der Waals surface area contributed by atoms with Gasteiger partial charge < -0.3 is 30.4 Å². The van der Waals surface area contributed by atoms with Gasteiger partial charge in [0.15, 0.2) is 0 Å². The van der Waals surface area contributed by atoms with Crippen molar-refractivity contribution in [3.05, 3.63) is 88.2 Å². The number of nitrogens with one attached hydrogen (secondary N) is 2. The first-order valence-corrected chi connectivity index (χ1v) is 24.8. The number of ether oxygens (including phenoxy) is 1. The molecule has 0 radical (unpaired) electrons. The number of likely N-dealkylation sites (tertiary alicyclic amines) is 1. The molecule has 4 heterocycles. The van der Waals surface area contributed by atoms with E-state index in [9.17, 15) is 32.3 Å². The Kier molecular flexibility index (Phi) is 13.8. The van der Waals surface area contributed by atoms with Crippen molar-refractivity contribution in [3.8, 4) is 5.75 Å². The van der Waals surface area contributed by atoms with E-state index in [1.165, 1.54) is 32.0 Å². The maximum atomic E-state index is 13.7. The summed E-state index contributed by atoms with van der Waals surface area (Å²) in [5.74, 6) is 1.67. The Morgan fingerprint density at radius 3 is 2.25 bits per heavy atom. The van der Waals surface area contributed by atoms with Crippen LogP contribution in [0.5, 0.6) is 5.75 Å². The number of fused-ring (bicyclic) bond motifs is 1. The van der Waals surface area contributed by atoms with Gasteiger partial charge >= 0.3 is 6.18 Å². The summed E-state index contributed by atoms with van der Waals surface area (Å²) in [6, 6.07) is 14.3. The number of imide groups is 1. The van der Waals surface area contributed by atoms with Gasteiger partial charge in [-0.1, -0.05) is 12.1 Å². The highest BCUT2D eigenvalue weighted by molar-refractivity contribution is 6.01. The topological polar surface area (TPSA) is 163 Å². The van der Waals surface area contributed by atoms with E-state index in [0.717, 1.165) is 113 Å². The molecule has 16 heteroatoms. The number of aryl methyl sites for hydroxylation is 1. The highest BCUT2D eigenvalue weighted by Gasteiger charge is 2.44. The van der Waals surface area contributed by atoms with E-state index in [1.54, 1.807) is 27.0 Å². The Balaban J connectivity index is 0.756. The van der Waals surface area contributed by atoms with Gasteiger partial charge in [-0.2, -0.15) is 13.2 Å². The molecule has 1 spiro atoms. The molecule has 4 aromatic rings. The number of hydrogen-bond acceptors (Lipinski definition) is 11. The van der Waals surface area contributed by atoms with E-state index in [0.29, 0.717) is 58.2 Å². The van der Waals surface area contributed by atoms with Gasteiger partial charge in [0.05, 0.1) is 35.7 Å². The molecular weight excluding hydrogens is 886 g/mol. The first-order valence-electron chi connectivity index (χ1n) is 24.8. The average Bonchev–Trinajstić information content (AvgIpc) is 3.34. The summed E-state index contributed by atoms with van der Waals surface area (Å²) in [5, 5.41) is 6.50. The third kappa shape index (κ3) is 10.3. The zero-order chi connectivity index (χ0) is 48.7. The van der Waals surface area contributed by atoms with E-state index < -0.39 is 23.3 Å². The second-order valence-corrected chi connectivity index (χ2v) is 20.6. The molecule has 2 aliphatic carbocycles. The lowest BCUT2D eigenvalue weighted by Gasteiger charge is -2.49. The lowest BCUT2D eigenvalue weighted by atomic mass is 9.65. The molecule has 2 saturated carbocycles. The van der Waals surface area contributed by atoms with Gasteiger partial charge in [-0.25, -0.2) is 9.97 Å². The van der Waals surface area contributed by atoms with E-state index in [4.69, 9.17) is 15.5 Å². The van der Waals surface area contributed by atoms with Gasteiger partial charge in [-0.3, -0.25) is 24.6 Å². The average molecular weight is 951 g/mol. The number of methoxy groups -OCH3 is 1. The predicted molar refractivity (Wildman–Crippen MR) is 258 cm³/mol. The number of anilines is 2. The summed E-state index contributed by atoms with van der Waals surface area (Å²) in [5.41, 5.74) is 8.43. The number of benzene rings is 3. The van der Waals surface area contributed by atoms with Crippen molar-refractivity contribution in [2.75, 3.05) is 64.0 Å². The molecule has 13 nitrogen and oxygen atoms in total. The zero-order valence-corrected chi connectivity index (χ0v) is 40.0. The molecule has 368 valence electrons. The maximum absolute atomic E-state index is 13.7.